The minimum Gasteiger partial charge on any atom is -0.381 e. The number of ether oxygens (including phenoxy) is 1. The Hall–Kier alpha value is -0.340. The first-order chi connectivity index (χ1) is 6.13. The molecule has 1 N–H and O–H groups in total. The Morgan fingerprint density at radius 3 is 2.69 bits per heavy atom. The highest BCUT2D eigenvalue weighted by atomic mass is 16.5. The molecule has 13 heavy (non-hydrogen) atoms. The number of nitrogens with one attached hydrogen (secondary N) is 1. The summed E-state index contributed by atoms with van der Waals surface area (Å²) in [6, 6.07) is 0. The molecule has 0 atom stereocenters. The molecule has 0 unspecified atom stereocenters. The second-order valence-corrected chi connectivity index (χ2v) is 3.96. The van der Waals surface area contributed by atoms with Crippen LogP contribution in [-0.4, -0.2) is 26.3 Å². The Labute approximate surface area is 82.4 Å². The standard InChI is InChI=1S/C11H23NO/c1-10(2)8-12-6-5-7-13-9-11(3)4/h11-12H,1,5-9H2,2-4H3. The van der Waals surface area contributed by atoms with Crippen LogP contribution >= 0.6 is 0 Å². The molecule has 0 heterocycles. The van der Waals surface area contributed by atoms with Crippen molar-refractivity contribution in [1.29, 1.82) is 0 Å². The van der Waals surface area contributed by atoms with Crippen LogP contribution in [0.1, 0.15) is 27.2 Å². The summed E-state index contributed by atoms with van der Waals surface area (Å²) in [6.07, 6.45) is 1.08. The Morgan fingerprint density at radius 2 is 2.15 bits per heavy atom. The maximum atomic E-state index is 5.44. The topological polar surface area (TPSA) is 21.3 Å². The second kappa shape index (κ2) is 8.27. The highest BCUT2D eigenvalue weighted by Gasteiger charge is 1.93. The van der Waals surface area contributed by atoms with E-state index in [-0.39, 0.29) is 0 Å². The molecule has 0 amide bonds. The Morgan fingerprint density at radius 1 is 1.46 bits per heavy atom. The van der Waals surface area contributed by atoms with E-state index in [2.05, 4.69) is 25.7 Å². The fraction of sp³-hybridized carbons (Fsp3) is 0.818. The van der Waals surface area contributed by atoms with Crippen LogP contribution in [0.3, 0.4) is 0 Å². The van der Waals surface area contributed by atoms with E-state index in [0.717, 1.165) is 32.7 Å². The summed E-state index contributed by atoms with van der Waals surface area (Å²) >= 11 is 0. The first-order valence-corrected chi connectivity index (χ1v) is 5.05. The van der Waals surface area contributed by atoms with Crippen LogP contribution in [-0.2, 0) is 4.74 Å². The molecule has 0 radical (unpaired) electrons. The molecule has 0 aromatic heterocycles. The highest BCUT2D eigenvalue weighted by Crippen LogP contribution is 1.92. The van der Waals surface area contributed by atoms with E-state index in [0.29, 0.717) is 5.92 Å². The fourth-order valence-electron chi connectivity index (χ4n) is 0.920. The van der Waals surface area contributed by atoms with Crippen molar-refractivity contribution < 1.29 is 4.74 Å². The third-order valence-electron chi connectivity index (χ3n) is 1.52. The molecule has 0 aliphatic carbocycles. The predicted molar refractivity (Wildman–Crippen MR) is 58.0 cm³/mol. The molecule has 2 heteroatoms. The molecule has 0 fully saturated rings. The van der Waals surface area contributed by atoms with E-state index >= 15 is 0 Å². The average Bonchev–Trinajstić information content (AvgIpc) is 2.01. The normalized spacial score (nSPS) is 10.8. The lowest BCUT2D eigenvalue weighted by Gasteiger charge is -2.07. The lowest BCUT2D eigenvalue weighted by atomic mass is 10.2. The molecule has 0 aromatic carbocycles. The average molecular weight is 185 g/mol. The summed E-state index contributed by atoms with van der Waals surface area (Å²) in [6.45, 7) is 13.9. The minimum atomic E-state index is 0.642. The van der Waals surface area contributed by atoms with Crippen molar-refractivity contribution in [3.8, 4) is 0 Å². The van der Waals surface area contributed by atoms with Crippen LogP contribution < -0.4 is 5.32 Å². The lowest BCUT2D eigenvalue weighted by Crippen LogP contribution is -2.18. The molecule has 78 valence electrons. The van der Waals surface area contributed by atoms with E-state index in [1.807, 2.05) is 6.92 Å². The third-order valence-corrected chi connectivity index (χ3v) is 1.52. The number of hydrogen-bond acceptors (Lipinski definition) is 2. The summed E-state index contributed by atoms with van der Waals surface area (Å²) in [7, 11) is 0. The molecule has 0 bridgehead atoms. The molecule has 0 spiro atoms. The van der Waals surface area contributed by atoms with Gasteiger partial charge in [0, 0.05) is 19.8 Å². The van der Waals surface area contributed by atoms with Crippen molar-refractivity contribution in [2.45, 2.75) is 27.2 Å². The lowest BCUT2D eigenvalue weighted by molar-refractivity contribution is 0.108. The van der Waals surface area contributed by atoms with Gasteiger partial charge in [0.25, 0.3) is 0 Å². The number of hydrogen-bond donors (Lipinski definition) is 1. The van der Waals surface area contributed by atoms with Crippen molar-refractivity contribution >= 4 is 0 Å². The Kier molecular flexibility index (Phi) is 8.05. The smallest absolute Gasteiger partial charge is 0.0489 e. The monoisotopic (exact) mass is 185 g/mol. The molecule has 0 saturated heterocycles. The minimum absolute atomic E-state index is 0.642. The molecule has 0 rings (SSSR count). The van der Waals surface area contributed by atoms with E-state index in [1.54, 1.807) is 0 Å². The van der Waals surface area contributed by atoms with E-state index in [9.17, 15) is 0 Å². The zero-order valence-electron chi connectivity index (χ0n) is 9.23. The van der Waals surface area contributed by atoms with Gasteiger partial charge in [-0.3, -0.25) is 0 Å². The van der Waals surface area contributed by atoms with E-state index < -0.39 is 0 Å². The van der Waals surface area contributed by atoms with Gasteiger partial charge in [-0.25, -0.2) is 0 Å². The van der Waals surface area contributed by atoms with Gasteiger partial charge >= 0.3 is 0 Å². The van der Waals surface area contributed by atoms with E-state index in [4.69, 9.17) is 4.74 Å². The van der Waals surface area contributed by atoms with Crippen LogP contribution in [0.5, 0.6) is 0 Å². The molecular formula is C11H23NO. The molecular weight excluding hydrogens is 162 g/mol. The maximum Gasteiger partial charge on any atom is 0.0489 e. The van der Waals surface area contributed by atoms with Crippen molar-refractivity contribution in [2.24, 2.45) is 5.92 Å². The summed E-state index contributed by atoms with van der Waals surface area (Å²) in [5.74, 6) is 0.642. The van der Waals surface area contributed by atoms with Gasteiger partial charge in [-0.15, -0.1) is 0 Å². The zero-order chi connectivity index (χ0) is 10.1. The van der Waals surface area contributed by atoms with Crippen LogP contribution in [0.25, 0.3) is 0 Å². The van der Waals surface area contributed by atoms with Gasteiger partial charge in [0.1, 0.15) is 0 Å². The van der Waals surface area contributed by atoms with Crippen LogP contribution in [0.2, 0.25) is 0 Å². The molecule has 0 saturated carbocycles. The van der Waals surface area contributed by atoms with Gasteiger partial charge in [0.15, 0.2) is 0 Å². The van der Waals surface area contributed by atoms with Crippen LogP contribution in [0.4, 0.5) is 0 Å². The third kappa shape index (κ3) is 11.7. The van der Waals surface area contributed by atoms with Gasteiger partial charge in [-0.2, -0.15) is 0 Å². The van der Waals surface area contributed by atoms with Gasteiger partial charge in [-0.05, 0) is 25.8 Å². The van der Waals surface area contributed by atoms with Crippen molar-refractivity contribution in [1.82, 2.24) is 5.32 Å². The molecule has 0 aliphatic rings. The van der Waals surface area contributed by atoms with Crippen molar-refractivity contribution in [2.75, 3.05) is 26.3 Å². The van der Waals surface area contributed by atoms with Gasteiger partial charge in [0.2, 0.25) is 0 Å². The van der Waals surface area contributed by atoms with Crippen molar-refractivity contribution in [3.63, 3.8) is 0 Å². The summed E-state index contributed by atoms with van der Waals surface area (Å²) in [4.78, 5) is 0. The number of rotatable bonds is 8. The van der Waals surface area contributed by atoms with Gasteiger partial charge in [-0.1, -0.05) is 26.0 Å². The fourth-order valence-corrected chi connectivity index (χ4v) is 0.920. The van der Waals surface area contributed by atoms with Crippen molar-refractivity contribution in [3.05, 3.63) is 12.2 Å². The summed E-state index contributed by atoms with van der Waals surface area (Å²) in [5, 5.41) is 3.29. The predicted octanol–water partition coefficient (Wildman–Crippen LogP) is 2.21. The van der Waals surface area contributed by atoms with Crippen LogP contribution in [0, 0.1) is 5.92 Å². The molecule has 0 aliphatic heterocycles. The highest BCUT2D eigenvalue weighted by molar-refractivity contribution is 4.90. The summed E-state index contributed by atoms with van der Waals surface area (Å²) < 4.78 is 5.44. The zero-order valence-corrected chi connectivity index (χ0v) is 9.23. The first-order valence-electron chi connectivity index (χ1n) is 5.05. The first kappa shape index (κ1) is 12.7. The van der Waals surface area contributed by atoms with E-state index in [1.165, 1.54) is 5.57 Å². The molecule has 0 aromatic rings. The largest absolute Gasteiger partial charge is 0.381 e. The van der Waals surface area contributed by atoms with Gasteiger partial charge < -0.3 is 10.1 Å². The summed E-state index contributed by atoms with van der Waals surface area (Å²) in [5.41, 5.74) is 1.18. The maximum absolute atomic E-state index is 5.44. The van der Waals surface area contributed by atoms with Crippen LogP contribution in [0.15, 0.2) is 12.2 Å². The Bertz CT molecular complexity index is 132. The van der Waals surface area contributed by atoms with Gasteiger partial charge in [0.05, 0.1) is 0 Å². The quantitative estimate of drug-likeness (QED) is 0.462. The second-order valence-electron chi connectivity index (χ2n) is 3.96. The Balaban J connectivity index is 2.96. The molecule has 2 nitrogen and oxygen atoms in total. The SMILES string of the molecule is C=C(C)CNCCCOCC(C)C.